The number of rotatable bonds is 8. The molecule has 2 aliphatic heterocycles. The van der Waals surface area contributed by atoms with Gasteiger partial charge in [0.25, 0.3) is 0 Å². The van der Waals surface area contributed by atoms with E-state index in [9.17, 15) is 0 Å². The average Bonchev–Trinajstić information content (AvgIpc) is 2.07. The van der Waals surface area contributed by atoms with E-state index in [0.717, 1.165) is 71.3 Å². The molecular weight excluding hydrogens is 1200 g/mol. The second kappa shape index (κ2) is 20.5. The summed E-state index contributed by atoms with van der Waals surface area (Å²) in [5.41, 5.74) is 22.2. The molecular formula is C76H70BN5OPt-2. The number of anilines is 4. The molecule has 0 aliphatic carbocycles. The van der Waals surface area contributed by atoms with Gasteiger partial charge in [0.2, 0.25) is 0 Å². The second-order valence-electron chi connectivity index (χ2n) is 26.7. The van der Waals surface area contributed by atoms with Crippen LogP contribution in [0.1, 0.15) is 105 Å². The van der Waals surface area contributed by atoms with Crippen molar-refractivity contribution < 1.29 is 24.1 Å². The third-order valence-electron chi connectivity index (χ3n) is 16.8. The van der Waals surface area contributed by atoms with Crippen LogP contribution in [0.3, 0.4) is 0 Å². The van der Waals surface area contributed by atoms with Gasteiger partial charge in [-0.25, -0.2) is 0 Å². The Bertz CT molecular complexity index is 4420. The number of aromatic nitrogens is 3. The standard InChI is InChI=1S/C76H70BN5O.Pt/c1-73(2,3)52-43-51(44-53(45-52)74(4,5)6)61-47-54(75(7,8)9)46-60(50-27-14-13-15-28-50)72(61)80-49-79(65-35-22-23-36-66(65)80)55-41-42-59(56-29-16-19-32-62(56)76(10,11)12)69(48-55)83-71-40-26-39-70(78-71)82-68-38-25-24-37-67(68)81-64-34-21-18-31-58(64)57-30-17-20-33-63(57)77(81)82;/h13-37,39-47H,1-12H3;/q-2;. The van der Waals surface area contributed by atoms with Crippen molar-refractivity contribution in [2.75, 3.05) is 9.62 Å². The molecule has 0 unspecified atom stereocenters. The Kier molecular flexibility index (Phi) is 13.4. The zero-order valence-electron chi connectivity index (χ0n) is 50.2. The first-order chi connectivity index (χ1) is 40.1. The van der Waals surface area contributed by atoms with Gasteiger partial charge < -0.3 is 0 Å². The fourth-order valence-electron chi connectivity index (χ4n) is 12.4. The molecule has 0 atom stereocenters. The summed E-state index contributed by atoms with van der Waals surface area (Å²) in [4.78, 5) is 10.2. The van der Waals surface area contributed by atoms with E-state index in [-0.39, 0.29) is 28.6 Å². The number of hydrogen-bond acceptors (Lipinski definition) is 4. The summed E-state index contributed by atoms with van der Waals surface area (Å²) in [6.45, 7) is 27.6. The van der Waals surface area contributed by atoms with Crippen molar-refractivity contribution >= 4 is 46.4 Å². The Balaban J connectivity index is 1.02. The van der Waals surface area contributed by atoms with E-state index in [2.05, 4.69) is 327 Å². The molecule has 2 aliphatic rings. The van der Waals surface area contributed by atoms with Gasteiger partial charge >= 0.3 is 427 Å². The summed E-state index contributed by atoms with van der Waals surface area (Å²) in [7, 11) is 0. The predicted octanol–water partition coefficient (Wildman–Crippen LogP) is 19.1. The van der Waals surface area contributed by atoms with Crippen LogP contribution in [0.4, 0.5) is 22.9 Å². The molecule has 8 heteroatoms. The van der Waals surface area contributed by atoms with Gasteiger partial charge in [-0.15, -0.1) is 6.07 Å². The van der Waals surface area contributed by atoms with Gasteiger partial charge in [0, 0.05) is 11.3 Å². The van der Waals surface area contributed by atoms with Gasteiger partial charge in [0.05, 0.1) is 0 Å². The first-order valence-electron chi connectivity index (χ1n) is 29.3. The summed E-state index contributed by atoms with van der Waals surface area (Å²) >= 11 is 2.57. The molecule has 4 heterocycles. The van der Waals surface area contributed by atoms with Gasteiger partial charge in [-0.05, 0) is 11.6 Å². The van der Waals surface area contributed by atoms with Crippen molar-refractivity contribution in [2.45, 2.75) is 105 Å². The van der Waals surface area contributed by atoms with Gasteiger partial charge in [0.15, 0.2) is 0 Å². The number of ether oxygens (including phenoxy) is 1. The van der Waals surface area contributed by atoms with Crippen LogP contribution in [0, 0.1) is 15.9 Å². The Morgan fingerprint density at radius 2 is 1.04 bits per heavy atom. The third-order valence-corrected chi connectivity index (χ3v) is 17.8. The summed E-state index contributed by atoms with van der Waals surface area (Å²) < 4.78 is 13.2. The SMILES string of the molecule is CC(C)(C)c1cc(-c2cc(C(C)(C)C)cc(-c3ccccc3)c2-n2[c](=[Pt])n(-c3[c-]c(Oc4cccc(N5B6c7ccccc7-c7ccccc7N6c6ccc[c-]c65)n4)c(-c4ccccc4C(C)(C)C)cc3)c3ccccc32)cc(C(C)(C)C)c1. The van der Waals surface area contributed by atoms with Crippen molar-refractivity contribution in [3.8, 4) is 67.5 Å². The molecule has 0 fully saturated rings. The van der Waals surface area contributed by atoms with Crippen LogP contribution in [0.25, 0.3) is 66.9 Å². The molecule has 2 aromatic heterocycles. The maximum absolute atomic E-state index is 7.32. The van der Waals surface area contributed by atoms with Crippen LogP contribution in [0.15, 0.2) is 206 Å². The fourth-order valence-corrected chi connectivity index (χ4v) is 13.4. The predicted molar refractivity (Wildman–Crippen MR) is 347 cm³/mol. The first-order valence-corrected chi connectivity index (χ1v) is 30.4. The van der Waals surface area contributed by atoms with E-state index >= 15 is 0 Å². The van der Waals surface area contributed by atoms with E-state index in [4.69, 9.17) is 9.72 Å². The molecule has 0 radical (unpaired) electrons. The number of benzene rings is 9. The molecule has 0 saturated carbocycles. The minimum absolute atomic E-state index is 0.0856. The molecule has 9 aromatic carbocycles. The first kappa shape index (κ1) is 55.0. The van der Waals surface area contributed by atoms with Crippen LogP contribution < -0.4 is 19.8 Å². The number of fused-ring (bicyclic) bond motifs is 9. The van der Waals surface area contributed by atoms with Crippen molar-refractivity contribution in [1.29, 1.82) is 0 Å². The van der Waals surface area contributed by atoms with Crippen molar-refractivity contribution in [3.63, 3.8) is 0 Å². The van der Waals surface area contributed by atoms with Gasteiger partial charge in [-0.2, -0.15) is 12.1 Å². The Hall–Kier alpha value is -8.25. The van der Waals surface area contributed by atoms with Gasteiger partial charge in [0.1, 0.15) is 0 Å². The molecule has 84 heavy (non-hydrogen) atoms. The number of nitrogens with zero attached hydrogens (tertiary/aromatic N) is 5. The number of pyridine rings is 1. The van der Waals surface area contributed by atoms with Crippen molar-refractivity contribution in [2.24, 2.45) is 0 Å². The molecule has 0 saturated heterocycles. The summed E-state index contributed by atoms with van der Waals surface area (Å²) in [6.07, 6.45) is 0. The van der Waals surface area contributed by atoms with Crippen LogP contribution >= 0.6 is 0 Å². The van der Waals surface area contributed by atoms with E-state index in [1.54, 1.807) is 0 Å². The topological polar surface area (TPSA) is 38.5 Å². The minimum atomic E-state index is -0.206. The van der Waals surface area contributed by atoms with Crippen LogP contribution in [0.5, 0.6) is 11.6 Å². The average molecular weight is 1280 g/mol. The molecule has 0 spiro atoms. The van der Waals surface area contributed by atoms with Crippen LogP contribution in [0.2, 0.25) is 0 Å². The van der Waals surface area contributed by atoms with E-state index in [1.165, 1.54) is 50.0 Å². The van der Waals surface area contributed by atoms with Crippen molar-refractivity contribution in [1.82, 2.24) is 14.1 Å². The molecule has 6 nitrogen and oxygen atoms in total. The van der Waals surface area contributed by atoms with Crippen molar-refractivity contribution in [3.05, 3.63) is 244 Å². The number of hydrogen-bond donors (Lipinski definition) is 0. The van der Waals surface area contributed by atoms with Crippen LogP contribution in [-0.2, 0) is 41.0 Å². The van der Waals surface area contributed by atoms with E-state index < -0.39 is 0 Å². The molecule has 0 bridgehead atoms. The monoisotopic (exact) mass is 1270 g/mol. The number of imidazole rings is 1. The normalized spacial score (nSPS) is 13.2. The Labute approximate surface area is 507 Å². The summed E-state index contributed by atoms with van der Waals surface area (Å²) in [5, 5.41) is 0. The van der Waals surface area contributed by atoms with E-state index in [0.29, 0.717) is 11.6 Å². The zero-order valence-corrected chi connectivity index (χ0v) is 52.4. The Morgan fingerprint density at radius 1 is 0.452 bits per heavy atom. The summed E-state index contributed by atoms with van der Waals surface area (Å²) in [6, 6.07) is 82.5. The zero-order chi connectivity index (χ0) is 58.6. The molecule has 0 N–H and O–H groups in total. The van der Waals surface area contributed by atoms with Crippen LogP contribution in [-0.4, -0.2) is 21.1 Å². The quantitative estimate of drug-likeness (QED) is 0.112. The maximum atomic E-state index is 7.32. The number of para-hydroxylation sites is 4. The summed E-state index contributed by atoms with van der Waals surface area (Å²) in [5.74, 6) is 1.79. The Morgan fingerprint density at radius 3 is 1.73 bits per heavy atom. The molecule has 13 rings (SSSR count). The molecule has 420 valence electrons. The second-order valence-corrected chi connectivity index (χ2v) is 27.7. The third kappa shape index (κ3) is 9.59. The fraction of sp³-hybridized carbons (Fsp3) is 0.211. The molecule has 0 amide bonds. The molecule has 11 aromatic rings. The van der Waals surface area contributed by atoms with Gasteiger partial charge in [-0.3, -0.25) is 0 Å². The van der Waals surface area contributed by atoms with E-state index in [1.807, 2.05) is 12.1 Å². The van der Waals surface area contributed by atoms with Gasteiger partial charge in [-0.1, -0.05) is 42.5 Å².